The average molecular weight is 455 g/mol. The van der Waals surface area contributed by atoms with Crippen LogP contribution in [0.5, 0.6) is 0 Å². The summed E-state index contributed by atoms with van der Waals surface area (Å²) in [5, 5.41) is 19.0. The monoisotopic (exact) mass is 454 g/mol. The van der Waals surface area contributed by atoms with Gasteiger partial charge >= 0.3 is 12.0 Å². The Morgan fingerprint density at radius 2 is 2.06 bits per heavy atom. The summed E-state index contributed by atoms with van der Waals surface area (Å²) in [4.78, 5) is 25.7. The number of benzene rings is 1. The molecule has 8 heteroatoms. The maximum absolute atomic E-state index is 12.1. The first-order chi connectivity index (χ1) is 15.9. The second-order valence-electron chi connectivity index (χ2n) is 9.35. The van der Waals surface area contributed by atoms with E-state index < -0.39 is 5.97 Å². The Morgan fingerprint density at radius 1 is 1.21 bits per heavy atom. The number of aromatic carboxylic acids is 1. The second-order valence-corrected chi connectivity index (χ2v) is 9.35. The number of nitrogens with one attached hydrogen (secondary N) is 3. The number of nitrogens with zero attached hydrogens (tertiary/aromatic N) is 1. The van der Waals surface area contributed by atoms with E-state index in [1.54, 1.807) is 12.1 Å². The van der Waals surface area contributed by atoms with Gasteiger partial charge in [0, 0.05) is 48.8 Å². The van der Waals surface area contributed by atoms with Crippen molar-refractivity contribution in [2.75, 3.05) is 39.0 Å². The number of anilines is 1. The molecule has 1 aliphatic carbocycles. The van der Waals surface area contributed by atoms with Crippen molar-refractivity contribution in [2.45, 2.75) is 37.5 Å². The number of likely N-dealkylation sites (N-methyl/N-ethyl adjacent to an activating group) is 1. The van der Waals surface area contributed by atoms with E-state index in [9.17, 15) is 14.7 Å². The minimum Gasteiger partial charge on any atom is -0.478 e. The fourth-order valence-electron chi connectivity index (χ4n) is 5.03. The molecule has 33 heavy (non-hydrogen) atoms. The Kier molecular flexibility index (Phi) is 7.35. The molecule has 0 radical (unpaired) electrons. The molecule has 0 saturated carbocycles. The van der Waals surface area contributed by atoms with Crippen LogP contribution in [0.3, 0.4) is 0 Å². The Bertz CT molecular complexity index is 929. The summed E-state index contributed by atoms with van der Waals surface area (Å²) in [5.41, 5.74) is 2.09. The Balaban J connectivity index is 1.47. The molecule has 4 rings (SSSR count). The van der Waals surface area contributed by atoms with Crippen molar-refractivity contribution >= 4 is 17.7 Å². The third-order valence-corrected chi connectivity index (χ3v) is 6.75. The fraction of sp³-hybridized carbons (Fsp3) is 0.520. The van der Waals surface area contributed by atoms with Crippen LogP contribution in [0, 0.1) is 11.8 Å². The first kappa shape index (κ1) is 23.3. The zero-order valence-corrected chi connectivity index (χ0v) is 19.3. The highest BCUT2D eigenvalue weighted by molar-refractivity contribution is 5.88. The van der Waals surface area contributed by atoms with E-state index in [2.05, 4.69) is 40.3 Å². The molecule has 1 unspecified atom stereocenters. The van der Waals surface area contributed by atoms with Crippen LogP contribution in [0.1, 0.15) is 41.3 Å². The lowest BCUT2D eigenvalue weighted by Gasteiger charge is -2.47. The smallest absolute Gasteiger partial charge is 0.335 e. The summed E-state index contributed by atoms with van der Waals surface area (Å²) in [6.45, 7) is 1.78. The molecule has 0 aromatic heterocycles. The van der Waals surface area contributed by atoms with Crippen molar-refractivity contribution in [3.8, 4) is 0 Å². The van der Waals surface area contributed by atoms with Gasteiger partial charge in [0.05, 0.1) is 17.8 Å². The molecule has 0 spiro atoms. The maximum atomic E-state index is 12.1. The normalized spacial score (nSPS) is 27.9. The molecule has 5 atom stereocenters. The molecule has 1 fully saturated rings. The van der Waals surface area contributed by atoms with Gasteiger partial charge in [-0.1, -0.05) is 24.3 Å². The topological polar surface area (TPSA) is 103 Å². The van der Waals surface area contributed by atoms with Crippen LogP contribution < -0.4 is 16.0 Å². The summed E-state index contributed by atoms with van der Waals surface area (Å²) in [6.07, 6.45) is 11.0. The molecular weight excluding hydrogens is 420 g/mol. The van der Waals surface area contributed by atoms with Crippen LogP contribution in [-0.2, 0) is 4.74 Å². The van der Waals surface area contributed by atoms with Gasteiger partial charge in [0.25, 0.3) is 0 Å². The number of carboxylic acid groups (broad SMARTS) is 1. The lowest BCUT2D eigenvalue weighted by atomic mass is 9.73. The predicted octanol–water partition coefficient (Wildman–Crippen LogP) is 3.01. The Morgan fingerprint density at radius 3 is 2.79 bits per heavy atom. The molecule has 0 bridgehead atoms. The number of urea groups is 1. The van der Waals surface area contributed by atoms with Gasteiger partial charge in [0.2, 0.25) is 0 Å². The lowest BCUT2D eigenvalue weighted by molar-refractivity contribution is -0.0930. The van der Waals surface area contributed by atoms with Crippen molar-refractivity contribution in [3.63, 3.8) is 0 Å². The fourth-order valence-corrected chi connectivity index (χ4v) is 5.03. The van der Waals surface area contributed by atoms with Crippen LogP contribution in [-0.4, -0.2) is 67.9 Å². The van der Waals surface area contributed by atoms with Crippen molar-refractivity contribution in [3.05, 3.63) is 53.6 Å². The van der Waals surface area contributed by atoms with Gasteiger partial charge in [-0.05, 0) is 51.6 Å². The number of ether oxygens (including phenoxy) is 1. The number of amides is 2. The number of carbonyl (C=O) groups is 2. The Labute approximate surface area is 195 Å². The summed E-state index contributed by atoms with van der Waals surface area (Å²) in [5.74, 6) is -0.358. The van der Waals surface area contributed by atoms with E-state index in [4.69, 9.17) is 4.74 Å². The van der Waals surface area contributed by atoms with E-state index in [1.165, 1.54) is 0 Å². The molecule has 2 aliphatic heterocycles. The van der Waals surface area contributed by atoms with Crippen molar-refractivity contribution < 1.29 is 19.4 Å². The van der Waals surface area contributed by atoms with Crippen LogP contribution in [0.15, 0.2) is 42.5 Å². The van der Waals surface area contributed by atoms with E-state index in [-0.39, 0.29) is 35.8 Å². The minimum atomic E-state index is -0.944. The average Bonchev–Trinajstić information content (AvgIpc) is 2.82. The first-order valence-electron chi connectivity index (χ1n) is 11.7. The predicted molar refractivity (Wildman–Crippen MR) is 127 cm³/mol. The van der Waals surface area contributed by atoms with Gasteiger partial charge in [0.15, 0.2) is 0 Å². The number of rotatable bonds is 7. The van der Waals surface area contributed by atoms with E-state index in [0.717, 1.165) is 37.1 Å². The third-order valence-electron chi connectivity index (χ3n) is 6.75. The van der Waals surface area contributed by atoms with Crippen molar-refractivity contribution in [1.29, 1.82) is 0 Å². The summed E-state index contributed by atoms with van der Waals surface area (Å²) < 4.78 is 6.54. The third kappa shape index (κ3) is 5.57. The zero-order valence-electron chi connectivity index (χ0n) is 19.3. The standard InChI is InChI=1S/C25H34N4O4/c1-29(2)13-12-26-25(32)27-15-18-9-10-19-22(16-6-4-3-5-7-16)28-21-11-8-17(24(30)31)14-20(21)23(19)33-18/h3-6,8,11,14,16,18-19,22-23,28H,7,9-10,12-13,15H2,1-2H3,(H,30,31)(H2,26,27,32)/t16?,18-,19+,22+,23+/m1/s1. The molecular formula is C25H34N4O4. The molecule has 1 saturated heterocycles. The number of carboxylic acids is 1. The molecule has 2 amide bonds. The van der Waals surface area contributed by atoms with Crippen LogP contribution in [0.4, 0.5) is 10.5 Å². The zero-order chi connectivity index (χ0) is 23.4. The SMILES string of the molecule is CN(C)CCNC(=O)NC[C@H]1CC[C@@H]2[C@H](O1)c1cc(C(=O)O)ccc1N[C@H]2C1C=CC=CC1. The number of allylic oxidation sites excluding steroid dienone is 3. The van der Waals surface area contributed by atoms with Crippen LogP contribution in [0.25, 0.3) is 0 Å². The molecule has 178 valence electrons. The lowest BCUT2D eigenvalue weighted by Crippen LogP contribution is -2.49. The molecule has 2 heterocycles. The number of hydrogen-bond donors (Lipinski definition) is 4. The van der Waals surface area contributed by atoms with Gasteiger partial charge < -0.3 is 30.7 Å². The van der Waals surface area contributed by atoms with Crippen LogP contribution >= 0.6 is 0 Å². The summed E-state index contributed by atoms with van der Waals surface area (Å²) in [6, 6.07) is 5.25. The molecule has 1 aromatic rings. The van der Waals surface area contributed by atoms with E-state index in [1.807, 2.05) is 25.1 Å². The van der Waals surface area contributed by atoms with Gasteiger partial charge in [-0.2, -0.15) is 0 Å². The maximum Gasteiger partial charge on any atom is 0.335 e. The van der Waals surface area contributed by atoms with Crippen molar-refractivity contribution in [2.24, 2.45) is 11.8 Å². The largest absolute Gasteiger partial charge is 0.478 e. The van der Waals surface area contributed by atoms with Crippen LogP contribution in [0.2, 0.25) is 0 Å². The minimum absolute atomic E-state index is 0.118. The van der Waals surface area contributed by atoms with E-state index in [0.29, 0.717) is 19.0 Å². The van der Waals surface area contributed by atoms with Crippen molar-refractivity contribution in [1.82, 2.24) is 15.5 Å². The molecule has 3 aliphatic rings. The summed E-state index contributed by atoms with van der Waals surface area (Å²) >= 11 is 0. The van der Waals surface area contributed by atoms with Gasteiger partial charge in [-0.25, -0.2) is 9.59 Å². The van der Waals surface area contributed by atoms with Gasteiger partial charge in [-0.3, -0.25) is 0 Å². The summed E-state index contributed by atoms with van der Waals surface area (Å²) in [7, 11) is 3.93. The number of hydrogen-bond acceptors (Lipinski definition) is 5. The quantitative estimate of drug-likeness (QED) is 0.505. The van der Waals surface area contributed by atoms with E-state index >= 15 is 0 Å². The first-order valence-corrected chi connectivity index (χ1v) is 11.7. The molecule has 8 nitrogen and oxygen atoms in total. The second kappa shape index (κ2) is 10.4. The number of fused-ring (bicyclic) bond motifs is 3. The highest BCUT2D eigenvalue weighted by atomic mass is 16.5. The highest BCUT2D eigenvalue weighted by Crippen LogP contribution is 2.48. The molecule has 1 aromatic carbocycles. The Hall–Kier alpha value is -2.84. The molecule has 4 N–H and O–H groups in total. The van der Waals surface area contributed by atoms with Gasteiger partial charge in [0.1, 0.15) is 0 Å². The van der Waals surface area contributed by atoms with Gasteiger partial charge in [-0.15, -0.1) is 0 Å². The highest BCUT2D eigenvalue weighted by Gasteiger charge is 2.44. The number of carbonyl (C=O) groups excluding carboxylic acids is 1.